The maximum atomic E-state index is 13.3. The van der Waals surface area contributed by atoms with Crippen LogP contribution in [-0.4, -0.2) is 26.9 Å². The van der Waals surface area contributed by atoms with Gasteiger partial charge in [-0.3, -0.25) is 9.52 Å². The van der Waals surface area contributed by atoms with Crippen LogP contribution in [-0.2, 0) is 19.6 Å². The van der Waals surface area contributed by atoms with Crippen molar-refractivity contribution in [1.29, 1.82) is 0 Å². The standard InChI is InChI=1S/C21H14Cl2F2N2O5S/c22-13-3-7-16(23)19(9-13)26-20(28)11-32-21(29)12-1-4-14(5-2-12)27-33(30,31)15-6-8-17(24)18(25)10-15/h1-10,27H,11H2,(H,26,28). The lowest BCUT2D eigenvalue weighted by Gasteiger charge is -2.10. The zero-order chi connectivity index (χ0) is 24.2. The van der Waals surface area contributed by atoms with Gasteiger partial charge in [0.1, 0.15) is 0 Å². The van der Waals surface area contributed by atoms with E-state index in [2.05, 4.69) is 10.0 Å². The molecule has 0 saturated carbocycles. The normalized spacial score (nSPS) is 11.0. The Morgan fingerprint density at radius 3 is 2.27 bits per heavy atom. The summed E-state index contributed by atoms with van der Waals surface area (Å²) in [6, 6.07) is 11.7. The van der Waals surface area contributed by atoms with E-state index in [1.165, 1.54) is 36.4 Å². The summed E-state index contributed by atoms with van der Waals surface area (Å²) >= 11 is 11.8. The molecule has 7 nitrogen and oxygen atoms in total. The number of ether oxygens (including phenoxy) is 1. The molecule has 0 aliphatic heterocycles. The van der Waals surface area contributed by atoms with Crippen molar-refractivity contribution in [3.63, 3.8) is 0 Å². The van der Waals surface area contributed by atoms with Crippen LogP contribution in [0.3, 0.4) is 0 Å². The van der Waals surface area contributed by atoms with Crippen molar-refractivity contribution < 1.29 is 31.5 Å². The molecule has 3 aromatic rings. The molecule has 0 aromatic heterocycles. The molecule has 0 saturated heterocycles. The minimum Gasteiger partial charge on any atom is -0.452 e. The number of carbonyl (C=O) groups is 2. The van der Waals surface area contributed by atoms with Gasteiger partial charge in [-0.05, 0) is 60.7 Å². The third kappa shape index (κ3) is 6.41. The van der Waals surface area contributed by atoms with Gasteiger partial charge in [0.2, 0.25) is 0 Å². The summed E-state index contributed by atoms with van der Waals surface area (Å²) in [4.78, 5) is 23.7. The van der Waals surface area contributed by atoms with Crippen molar-refractivity contribution in [3.8, 4) is 0 Å². The lowest BCUT2D eigenvalue weighted by molar-refractivity contribution is -0.119. The molecule has 0 aliphatic carbocycles. The maximum absolute atomic E-state index is 13.3. The molecule has 33 heavy (non-hydrogen) atoms. The smallest absolute Gasteiger partial charge is 0.338 e. The fourth-order valence-electron chi connectivity index (χ4n) is 2.53. The Kier molecular flexibility index (Phi) is 7.52. The van der Waals surface area contributed by atoms with Gasteiger partial charge in [0.25, 0.3) is 15.9 Å². The van der Waals surface area contributed by atoms with Crippen molar-refractivity contribution in [2.75, 3.05) is 16.6 Å². The number of rotatable bonds is 7. The van der Waals surface area contributed by atoms with Gasteiger partial charge in [0.15, 0.2) is 18.2 Å². The number of amides is 1. The first-order chi connectivity index (χ1) is 15.5. The number of esters is 1. The quantitative estimate of drug-likeness (QED) is 0.438. The van der Waals surface area contributed by atoms with E-state index in [4.69, 9.17) is 27.9 Å². The van der Waals surface area contributed by atoms with Crippen LogP contribution in [0.15, 0.2) is 65.6 Å². The summed E-state index contributed by atoms with van der Waals surface area (Å²) in [5.41, 5.74) is 0.354. The first-order valence-electron chi connectivity index (χ1n) is 9.05. The van der Waals surface area contributed by atoms with E-state index in [0.29, 0.717) is 17.2 Å². The fourth-order valence-corrected chi connectivity index (χ4v) is 3.93. The van der Waals surface area contributed by atoms with Crippen molar-refractivity contribution in [2.24, 2.45) is 0 Å². The van der Waals surface area contributed by atoms with E-state index >= 15 is 0 Å². The second-order valence-electron chi connectivity index (χ2n) is 6.51. The number of hydrogen-bond donors (Lipinski definition) is 2. The highest BCUT2D eigenvalue weighted by molar-refractivity contribution is 7.92. The molecule has 172 valence electrons. The predicted molar refractivity (Wildman–Crippen MR) is 119 cm³/mol. The summed E-state index contributed by atoms with van der Waals surface area (Å²) in [5, 5.41) is 3.06. The zero-order valence-corrected chi connectivity index (χ0v) is 18.8. The molecular weight excluding hydrogens is 501 g/mol. The van der Waals surface area contributed by atoms with Crippen LogP contribution in [0.4, 0.5) is 20.2 Å². The van der Waals surface area contributed by atoms with Gasteiger partial charge in [0.05, 0.1) is 21.2 Å². The Balaban J connectivity index is 1.59. The van der Waals surface area contributed by atoms with E-state index in [1.54, 1.807) is 6.07 Å². The van der Waals surface area contributed by atoms with Crippen molar-refractivity contribution in [2.45, 2.75) is 4.90 Å². The summed E-state index contributed by atoms with van der Waals surface area (Å²) in [6.07, 6.45) is 0. The van der Waals surface area contributed by atoms with Crippen LogP contribution < -0.4 is 10.0 Å². The SMILES string of the molecule is O=C(COC(=O)c1ccc(NS(=O)(=O)c2ccc(F)c(F)c2)cc1)Nc1cc(Cl)ccc1Cl. The Labute approximate surface area is 197 Å². The number of halogens is 4. The van der Waals surface area contributed by atoms with E-state index < -0.39 is 45.0 Å². The molecule has 3 aromatic carbocycles. The van der Waals surface area contributed by atoms with Crippen molar-refractivity contribution in [3.05, 3.63) is 87.9 Å². The van der Waals surface area contributed by atoms with Crippen molar-refractivity contribution in [1.82, 2.24) is 0 Å². The molecule has 0 heterocycles. The van der Waals surface area contributed by atoms with Gasteiger partial charge < -0.3 is 10.1 Å². The van der Waals surface area contributed by atoms with Gasteiger partial charge in [-0.15, -0.1) is 0 Å². The molecule has 2 N–H and O–H groups in total. The minimum atomic E-state index is -4.19. The van der Waals surface area contributed by atoms with Gasteiger partial charge in [0, 0.05) is 10.7 Å². The predicted octanol–water partition coefficient (Wildman–Crippen LogP) is 4.87. The number of carbonyl (C=O) groups excluding carboxylic acids is 2. The summed E-state index contributed by atoms with van der Waals surface area (Å²) in [7, 11) is -4.19. The van der Waals surface area contributed by atoms with E-state index in [-0.39, 0.29) is 22.0 Å². The molecule has 12 heteroatoms. The highest BCUT2D eigenvalue weighted by Gasteiger charge is 2.17. The van der Waals surface area contributed by atoms with Crippen LogP contribution in [0, 0.1) is 11.6 Å². The van der Waals surface area contributed by atoms with Gasteiger partial charge in [-0.2, -0.15) is 0 Å². The number of anilines is 2. The molecule has 1 amide bonds. The highest BCUT2D eigenvalue weighted by Crippen LogP contribution is 2.25. The van der Waals surface area contributed by atoms with Crippen LogP contribution >= 0.6 is 23.2 Å². The third-order valence-electron chi connectivity index (χ3n) is 4.11. The molecule has 0 atom stereocenters. The van der Waals surface area contributed by atoms with Crippen LogP contribution in [0.2, 0.25) is 10.0 Å². The van der Waals surface area contributed by atoms with Gasteiger partial charge in [-0.25, -0.2) is 22.0 Å². The van der Waals surface area contributed by atoms with E-state index in [0.717, 1.165) is 6.07 Å². The van der Waals surface area contributed by atoms with E-state index in [1.807, 2.05) is 0 Å². The lowest BCUT2D eigenvalue weighted by Crippen LogP contribution is -2.21. The number of hydrogen-bond acceptors (Lipinski definition) is 5. The molecule has 0 spiro atoms. The molecule has 0 unspecified atom stereocenters. The van der Waals surface area contributed by atoms with Crippen LogP contribution in [0.1, 0.15) is 10.4 Å². The fraction of sp³-hybridized carbons (Fsp3) is 0.0476. The third-order valence-corrected chi connectivity index (χ3v) is 6.05. The van der Waals surface area contributed by atoms with Crippen LogP contribution in [0.5, 0.6) is 0 Å². The topological polar surface area (TPSA) is 102 Å². The minimum absolute atomic E-state index is 0.0411. The van der Waals surface area contributed by atoms with E-state index in [9.17, 15) is 26.8 Å². The first-order valence-corrected chi connectivity index (χ1v) is 11.3. The highest BCUT2D eigenvalue weighted by atomic mass is 35.5. The second-order valence-corrected chi connectivity index (χ2v) is 9.03. The monoisotopic (exact) mass is 514 g/mol. The Morgan fingerprint density at radius 1 is 0.909 bits per heavy atom. The van der Waals surface area contributed by atoms with Gasteiger partial charge in [-0.1, -0.05) is 23.2 Å². The number of sulfonamides is 1. The Hall–Kier alpha value is -3.21. The number of nitrogens with one attached hydrogen (secondary N) is 2. The molecule has 0 fully saturated rings. The lowest BCUT2D eigenvalue weighted by atomic mass is 10.2. The summed E-state index contributed by atoms with van der Waals surface area (Å²) in [5.74, 6) is -3.97. The second kappa shape index (κ2) is 10.2. The molecular formula is C21H14Cl2F2N2O5S. The largest absolute Gasteiger partial charge is 0.452 e. The van der Waals surface area contributed by atoms with Gasteiger partial charge >= 0.3 is 5.97 Å². The first kappa shape index (κ1) is 24.4. The number of benzene rings is 3. The molecule has 0 bridgehead atoms. The zero-order valence-electron chi connectivity index (χ0n) is 16.4. The molecule has 0 aliphatic rings. The van der Waals surface area contributed by atoms with Crippen LogP contribution in [0.25, 0.3) is 0 Å². The summed E-state index contributed by atoms with van der Waals surface area (Å²) in [6.45, 7) is -0.605. The maximum Gasteiger partial charge on any atom is 0.338 e. The average molecular weight is 515 g/mol. The average Bonchev–Trinajstić information content (AvgIpc) is 2.76. The van der Waals surface area contributed by atoms with Crippen molar-refractivity contribution >= 4 is 56.5 Å². The summed E-state index contributed by atoms with van der Waals surface area (Å²) < 4.78 is 58.0. The Morgan fingerprint density at radius 2 is 1.61 bits per heavy atom. The molecule has 0 radical (unpaired) electrons. The Bertz CT molecular complexity index is 1320. The molecule has 3 rings (SSSR count).